The topological polar surface area (TPSA) is 52.7 Å². The Morgan fingerprint density at radius 2 is 1.64 bits per heavy atom. The molecule has 0 aromatic heterocycles. The molecule has 0 spiro atoms. The Balaban J connectivity index is 1.19. The number of carbonyl (C=O) groups excluding carboxylic acids is 2. The monoisotopic (exact) mass is 519 g/mol. The van der Waals surface area contributed by atoms with Gasteiger partial charge in [-0.3, -0.25) is 14.5 Å². The van der Waals surface area contributed by atoms with Gasteiger partial charge in [-0.05, 0) is 72.5 Å². The molecule has 3 aromatic carbocycles. The van der Waals surface area contributed by atoms with Crippen LogP contribution in [0, 0.1) is 0 Å². The average Bonchev–Trinajstić information content (AvgIpc) is 3.54. The molecule has 3 aromatic rings. The van der Waals surface area contributed by atoms with Gasteiger partial charge >= 0.3 is 0 Å². The van der Waals surface area contributed by atoms with Gasteiger partial charge in [0, 0.05) is 30.2 Å². The van der Waals surface area contributed by atoms with Crippen molar-refractivity contribution in [3.8, 4) is 0 Å². The van der Waals surface area contributed by atoms with Gasteiger partial charge in [-0.2, -0.15) is 0 Å². The van der Waals surface area contributed by atoms with Crippen molar-refractivity contribution in [3.63, 3.8) is 0 Å². The number of nitrogens with one attached hydrogen (secondary N) is 1. The predicted octanol–water partition coefficient (Wildman–Crippen LogP) is 5.64. The van der Waals surface area contributed by atoms with E-state index in [1.54, 1.807) is 11.8 Å². The van der Waals surface area contributed by atoms with Crippen LogP contribution in [0.4, 0.5) is 0 Å². The molecule has 2 fully saturated rings. The van der Waals surface area contributed by atoms with Crippen LogP contribution in [0.5, 0.6) is 0 Å². The summed E-state index contributed by atoms with van der Waals surface area (Å²) in [7, 11) is 0. The highest BCUT2D eigenvalue weighted by atomic mass is 35.5. The predicted molar refractivity (Wildman–Crippen MR) is 146 cm³/mol. The molecule has 0 saturated carbocycles. The Morgan fingerprint density at radius 3 is 2.39 bits per heavy atom. The van der Waals surface area contributed by atoms with Gasteiger partial charge in [0.1, 0.15) is 5.37 Å². The molecule has 2 amide bonds. The average molecular weight is 520 g/mol. The third kappa shape index (κ3) is 6.12. The van der Waals surface area contributed by atoms with Crippen LogP contribution < -0.4 is 5.32 Å². The summed E-state index contributed by atoms with van der Waals surface area (Å²) in [4.78, 5) is 29.7. The molecule has 2 aliphatic heterocycles. The Labute approximate surface area is 221 Å². The molecule has 0 aliphatic carbocycles. The number of thioether (sulfide) groups is 1. The lowest BCUT2D eigenvalue weighted by molar-refractivity contribution is -0.128. The van der Waals surface area contributed by atoms with E-state index in [4.69, 9.17) is 11.6 Å². The highest BCUT2D eigenvalue weighted by Crippen LogP contribution is 2.39. The van der Waals surface area contributed by atoms with Crippen LogP contribution in [0.2, 0.25) is 5.02 Å². The van der Waals surface area contributed by atoms with Crippen LogP contribution in [0.1, 0.15) is 50.8 Å². The second kappa shape index (κ2) is 11.5. The first-order valence-electron chi connectivity index (χ1n) is 12.4. The van der Waals surface area contributed by atoms with Crippen molar-refractivity contribution in [2.24, 2.45) is 0 Å². The summed E-state index contributed by atoms with van der Waals surface area (Å²) in [5, 5.41) is 3.66. The third-order valence-electron chi connectivity index (χ3n) is 6.74. The summed E-state index contributed by atoms with van der Waals surface area (Å²) in [5.74, 6) is 0.477. The molecule has 5 nitrogen and oxygen atoms in total. The smallest absolute Gasteiger partial charge is 0.251 e. The van der Waals surface area contributed by atoms with E-state index < -0.39 is 0 Å². The van der Waals surface area contributed by atoms with E-state index >= 15 is 0 Å². The number of hydrogen-bond acceptors (Lipinski definition) is 4. The molecule has 186 valence electrons. The van der Waals surface area contributed by atoms with Crippen molar-refractivity contribution in [1.29, 1.82) is 0 Å². The Morgan fingerprint density at radius 1 is 0.917 bits per heavy atom. The number of halogens is 1. The zero-order chi connectivity index (χ0) is 24.9. The number of hydrogen-bond donors (Lipinski definition) is 1. The van der Waals surface area contributed by atoms with Crippen molar-refractivity contribution in [1.82, 2.24) is 15.1 Å². The summed E-state index contributed by atoms with van der Waals surface area (Å²) < 4.78 is 0. The van der Waals surface area contributed by atoms with Crippen molar-refractivity contribution in [2.45, 2.75) is 37.8 Å². The molecule has 7 heteroatoms. The van der Waals surface area contributed by atoms with Crippen molar-refractivity contribution in [2.75, 3.05) is 18.8 Å². The zero-order valence-corrected chi connectivity index (χ0v) is 21.7. The number of likely N-dealkylation sites (tertiary alicyclic amines) is 1. The van der Waals surface area contributed by atoms with Gasteiger partial charge in [-0.15, -0.1) is 11.8 Å². The van der Waals surface area contributed by atoms with Crippen molar-refractivity contribution >= 4 is 35.2 Å². The van der Waals surface area contributed by atoms with Gasteiger partial charge < -0.3 is 10.2 Å². The molecule has 2 aliphatic rings. The summed E-state index contributed by atoms with van der Waals surface area (Å²) in [5.41, 5.74) is 5.08. The van der Waals surface area contributed by atoms with Crippen LogP contribution in [0.3, 0.4) is 0 Å². The van der Waals surface area contributed by atoms with E-state index in [9.17, 15) is 9.59 Å². The maximum Gasteiger partial charge on any atom is 0.251 e. The van der Waals surface area contributed by atoms with E-state index in [1.165, 1.54) is 31.5 Å². The zero-order valence-electron chi connectivity index (χ0n) is 20.2. The SMILES string of the molecule is O=C(NCc1cccc(CN2CCCC2)c1)c1ccc([C@H]2SCC(=O)N2Cc2ccc(Cl)cc2)cc1. The van der Waals surface area contributed by atoms with E-state index in [0.717, 1.165) is 23.2 Å². The maximum atomic E-state index is 12.8. The summed E-state index contributed by atoms with van der Waals surface area (Å²) in [6, 6.07) is 23.7. The maximum absolute atomic E-state index is 12.8. The highest BCUT2D eigenvalue weighted by molar-refractivity contribution is 8.00. The molecule has 5 rings (SSSR count). The third-order valence-corrected chi connectivity index (χ3v) is 8.25. The van der Waals surface area contributed by atoms with Gasteiger partial charge in [0.2, 0.25) is 5.91 Å². The normalized spacial score (nSPS) is 18.1. The number of rotatable bonds is 8. The van der Waals surface area contributed by atoms with Crippen LogP contribution in [0.25, 0.3) is 0 Å². The molecule has 0 unspecified atom stereocenters. The van der Waals surface area contributed by atoms with Gasteiger partial charge in [0.25, 0.3) is 5.91 Å². The number of amides is 2. The summed E-state index contributed by atoms with van der Waals surface area (Å²) in [6.45, 7) is 4.34. The van der Waals surface area contributed by atoms with Gasteiger partial charge in [0.05, 0.1) is 5.75 Å². The van der Waals surface area contributed by atoms with Crippen LogP contribution >= 0.6 is 23.4 Å². The fourth-order valence-corrected chi connectivity index (χ4v) is 6.12. The van der Waals surface area contributed by atoms with Gasteiger partial charge in [-0.1, -0.05) is 60.1 Å². The van der Waals surface area contributed by atoms with Gasteiger partial charge in [-0.25, -0.2) is 0 Å². The summed E-state index contributed by atoms with van der Waals surface area (Å²) >= 11 is 7.61. The first-order chi connectivity index (χ1) is 17.5. The van der Waals surface area contributed by atoms with Crippen LogP contribution in [0.15, 0.2) is 72.8 Å². The van der Waals surface area contributed by atoms with E-state index in [2.05, 4.69) is 34.5 Å². The van der Waals surface area contributed by atoms with Crippen molar-refractivity contribution in [3.05, 3.63) is 106 Å². The first-order valence-corrected chi connectivity index (χ1v) is 13.8. The minimum atomic E-state index is -0.0975. The highest BCUT2D eigenvalue weighted by Gasteiger charge is 2.32. The number of carbonyl (C=O) groups is 2. The molecule has 1 N–H and O–H groups in total. The molecule has 2 heterocycles. The molecular formula is C29H30ClN3O2S. The Bertz CT molecular complexity index is 1210. The fourth-order valence-electron chi connectivity index (χ4n) is 4.81. The van der Waals surface area contributed by atoms with Crippen LogP contribution in [-0.2, 0) is 24.4 Å². The van der Waals surface area contributed by atoms with Gasteiger partial charge in [0.15, 0.2) is 0 Å². The first kappa shape index (κ1) is 24.9. The largest absolute Gasteiger partial charge is 0.348 e. The lowest BCUT2D eigenvalue weighted by Crippen LogP contribution is -2.27. The molecular weight excluding hydrogens is 490 g/mol. The molecule has 2 saturated heterocycles. The molecule has 36 heavy (non-hydrogen) atoms. The Kier molecular flexibility index (Phi) is 7.95. The van der Waals surface area contributed by atoms with E-state index in [-0.39, 0.29) is 17.2 Å². The second-order valence-electron chi connectivity index (χ2n) is 9.42. The van der Waals surface area contributed by atoms with Crippen molar-refractivity contribution < 1.29 is 9.59 Å². The number of nitrogens with zero attached hydrogens (tertiary/aromatic N) is 2. The molecule has 1 atom stereocenters. The lowest BCUT2D eigenvalue weighted by atomic mass is 10.1. The quantitative estimate of drug-likeness (QED) is 0.418. The van der Waals surface area contributed by atoms with E-state index in [0.29, 0.717) is 29.4 Å². The second-order valence-corrected chi connectivity index (χ2v) is 10.9. The minimum Gasteiger partial charge on any atom is -0.348 e. The lowest BCUT2D eigenvalue weighted by Gasteiger charge is -2.24. The molecule has 0 radical (unpaired) electrons. The summed E-state index contributed by atoms with van der Waals surface area (Å²) in [6.07, 6.45) is 2.56. The number of benzene rings is 3. The standard InChI is InChI=1S/C29H30ClN3O2S/c30-26-12-6-21(7-13-26)19-33-27(34)20-36-29(33)25-10-8-24(9-11-25)28(35)31-17-22-4-3-5-23(16-22)18-32-14-1-2-15-32/h3-13,16,29H,1-2,14-15,17-20H2,(H,31,35)/t29-/m1/s1. The van der Waals surface area contributed by atoms with Crippen LogP contribution in [-0.4, -0.2) is 40.5 Å². The minimum absolute atomic E-state index is 0.0661. The van der Waals surface area contributed by atoms with E-state index in [1.807, 2.05) is 53.4 Å². The Hall–Kier alpha value is -2.80. The molecule has 0 bridgehead atoms. The fraction of sp³-hybridized carbons (Fsp3) is 0.310.